The second kappa shape index (κ2) is 5.38. The average Bonchev–Trinajstić information content (AvgIpc) is 3.12. The SMILES string of the molecule is CNc1c(F)cccc1C(=O)NC(C)CC1CC1. The molecule has 1 aliphatic rings. The minimum Gasteiger partial charge on any atom is -0.385 e. The molecule has 0 aliphatic heterocycles. The van der Waals surface area contributed by atoms with Gasteiger partial charge in [0.05, 0.1) is 11.3 Å². The van der Waals surface area contributed by atoms with Gasteiger partial charge in [0.15, 0.2) is 0 Å². The Balaban J connectivity index is 2.05. The van der Waals surface area contributed by atoms with Gasteiger partial charge in [-0.15, -0.1) is 0 Å². The molecule has 0 spiro atoms. The van der Waals surface area contributed by atoms with E-state index >= 15 is 0 Å². The molecule has 98 valence electrons. The van der Waals surface area contributed by atoms with Gasteiger partial charge in [0.2, 0.25) is 0 Å². The summed E-state index contributed by atoms with van der Waals surface area (Å²) in [6.45, 7) is 1.99. The van der Waals surface area contributed by atoms with Crippen LogP contribution in [0, 0.1) is 11.7 Å². The second-order valence-corrected chi connectivity index (χ2v) is 4.97. The molecule has 0 radical (unpaired) electrons. The Kier molecular flexibility index (Phi) is 3.84. The fourth-order valence-corrected chi connectivity index (χ4v) is 2.18. The fourth-order valence-electron chi connectivity index (χ4n) is 2.18. The topological polar surface area (TPSA) is 41.1 Å². The van der Waals surface area contributed by atoms with Gasteiger partial charge in [-0.25, -0.2) is 4.39 Å². The smallest absolute Gasteiger partial charge is 0.253 e. The molecule has 2 rings (SSSR count). The number of halogens is 1. The number of carbonyl (C=O) groups excluding carboxylic acids is 1. The van der Waals surface area contributed by atoms with E-state index in [1.807, 2.05) is 6.92 Å². The summed E-state index contributed by atoms with van der Waals surface area (Å²) in [4.78, 5) is 12.1. The lowest BCUT2D eigenvalue weighted by Crippen LogP contribution is -2.33. The summed E-state index contributed by atoms with van der Waals surface area (Å²) in [5.74, 6) is 0.142. The van der Waals surface area contributed by atoms with Crippen LogP contribution in [-0.4, -0.2) is 19.0 Å². The molecule has 4 heteroatoms. The third-order valence-electron chi connectivity index (χ3n) is 3.27. The predicted octanol–water partition coefficient (Wildman–Crippen LogP) is 2.79. The van der Waals surface area contributed by atoms with E-state index in [9.17, 15) is 9.18 Å². The van der Waals surface area contributed by atoms with Crippen LogP contribution >= 0.6 is 0 Å². The van der Waals surface area contributed by atoms with E-state index in [-0.39, 0.29) is 17.6 Å². The molecule has 0 saturated heterocycles. The van der Waals surface area contributed by atoms with E-state index in [0.29, 0.717) is 5.56 Å². The maximum absolute atomic E-state index is 13.5. The number of hydrogen-bond acceptors (Lipinski definition) is 2. The van der Waals surface area contributed by atoms with Crippen LogP contribution in [0.2, 0.25) is 0 Å². The normalized spacial score (nSPS) is 16.2. The third kappa shape index (κ3) is 3.00. The van der Waals surface area contributed by atoms with E-state index in [4.69, 9.17) is 0 Å². The highest BCUT2D eigenvalue weighted by Gasteiger charge is 2.25. The van der Waals surface area contributed by atoms with Crippen molar-refractivity contribution in [3.05, 3.63) is 29.6 Å². The molecule has 3 nitrogen and oxygen atoms in total. The van der Waals surface area contributed by atoms with Crippen molar-refractivity contribution in [2.75, 3.05) is 12.4 Å². The van der Waals surface area contributed by atoms with Crippen molar-refractivity contribution in [2.45, 2.75) is 32.2 Å². The first-order chi connectivity index (χ1) is 8.61. The zero-order valence-electron chi connectivity index (χ0n) is 10.8. The number of rotatable bonds is 5. The Morgan fingerprint density at radius 3 is 2.83 bits per heavy atom. The third-order valence-corrected chi connectivity index (χ3v) is 3.27. The number of anilines is 1. The number of hydrogen-bond donors (Lipinski definition) is 2. The van der Waals surface area contributed by atoms with Gasteiger partial charge in [-0.2, -0.15) is 0 Å². The summed E-state index contributed by atoms with van der Waals surface area (Å²) in [6, 6.07) is 4.67. The summed E-state index contributed by atoms with van der Waals surface area (Å²) in [7, 11) is 1.61. The first-order valence-electron chi connectivity index (χ1n) is 6.39. The zero-order chi connectivity index (χ0) is 13.1. The molecule has 1 aromatic carbocycles. The van der Waals surface area contributed by atoms with E-state index in [1.165, 1.54) is 18.9 Å². The van der Waals surface area contributed by atoms with Gasteiger partial charge in [-0.1, -0.05) is 18.9 Å². The van der Waals surface area contributed by atoms with Crippen LogP contribution in [-0.2, 0) is 0 Å². The van der Waals surface area contributed by atoms with Gasteiger partial charge in [-0.05, 0) is 31.4 Å². The molecule has 1 amide bonds. The molecule has 18 heavy (non-hydrogen) atoms. The summed E-state index contributed by atoms with van der Waals surface area (Å²) in [6.07, 6.45) is 3.54. The van der Waals surface area contributed by atoms with Crippen molar-refractivity contribution in [3.63, 3.8) is 0 Å². The van der Waals surface area contributed by atoms with E-state index in [1.54, 1.807) is 19.2 Å². The lowest BCUT2D eigenvalue weighted by Gasteiger charge is -2.15. The number of nitrogens with one attached hydrogen (secondary N) is 2. The molecular formula is C14H19FN2O. The first-order valence-corrected chi connectivity index (χ1v) is 6.39. The van der Waals surface area contributed by atoms with Crippen LogP contribution in [0.15, 0.2) is 18.2 Å². The summed E-state index contributed by atoms with van der Waals surface area (Å²) in [5.41, 5.74) is 0.619. The molecule has 1 aliphatic carbocycles. The molecule has 0 bridgehead atoms. The van der Waals surface area contributed by atoms with Crippen molar-refractivity contribution in [3.8, 4) is 0 Å². The van der Waals surface area contributed by atoms with E-state index in [0.717, 1.165) is 12.3 Å². The van der Waals surface area contributed by atoms with Crippen LogP contribution in [0.3, 0.4) is 0 Å². The summed E-state index contributed by atoms with van der Waals surface area (Å²) in [5, 5.41) is 5.66. The molecule has 1 saturated carbocycles. The van der Waals surface area contributed by atoms with Crippen molar-refractivity contribution in [1.82, 2.24) is 5.32 Å². The molecule has 1 fully saturated rings. The molecule has 2 N–H and O–H groups in total. The minimum atomic E-state index is -0.403. The Hall–Kier alpha value is -1.58. The Morgan fingerprint density at radius 1 is 1.50 bits per heavy atom. The zero-order valence-corrected chi connectivity index (χ0v) is 10.8. The van der Waals surface area contributed by atoms with Gasteiger partial charge in [0, 0.05) is 13.1 Å². The van der Waals surface area contributed by atoms with Crippen molar-refractivity contribution < 1.29 is 9.18 Å². The first kappa shape index (κ1) is 12.9. The molecule has 0 heterocycles. The standard InChI is InChI=1S/C14H19FN2O/c1-9(8-10-6-7-10)17-14(18)11-4-3-5-12(15)13(11)16-2/h3-5,9-10,16H,6-8H2,1-2H3,(H,17,18). The van der Waals surface area contributed by atoms with Crippen LogP contribution in [0.25, 0.3) is 0 Å². The monoisotopic (exact) mass is 250 g/mol. The van der Waals surface area contributed by atoms with Crippen molar-refractivity contribution in [1.29, 1.82) is 0 Å². The Bertz CT molecular complexity index is 443. The molecule has 1 aromatic rings. The largest absolute Gasteiger partial charge is 0.385 e. The molecule has 1 unspecified atom stereocenters. The van der Waals surface area contributed by atoms with Crippen LogP contribution in [0.1, 0.15) is 36.5 Å². The van der Waals surface area contributed by atoms with Gasteiger partial charge in [0.25, 0.3) is 5.91 Å². The van der Waals surface area contributed by atoms with Crippen molar-refractivity contribution >= 4 is 11.6 Å². The minimum absolute atomic E-state index is 0.137. The number of carbonyl (C=O) groups is 1. The van der Waals surface area contributed by atoms with Gasteiger partial charge < -0.3 is 10.6 Å². The highest BCUT2D eigenvalue weighted by Crippen LogP contribution is 2.33. The summed E-state index contributed by atoms with van der Waals surface area (Å²) >= 11 is 0. The molecular weight excluding hydrogens is 231 g/mol. The lowest BCUT2D eigenvalue weighted by molar-refractivity contribution is 0.0938. The maximum atomic E-state index is 13.5. The summed E-state index contributed by atoms with van der Waals surface area (Å²) < 4.78 is 13.5. The average molecular weight is 250 g/mol. The van der Waals surface area contributed by atoms with E-state index in [2.05, 4.69) is 10.6 Å². The highest BCUT2D eigenvalue weighted by molar-refractivity contribution is 5.99. The van der Waals surface area contributed by atoms with Gasteiger partial charge >= 0.3 is 0 Å². The van der Waals surface area contributed by atoms with Crippen LogP contribution in [0.4, 0.5) is 10.1 Å². The quantitative estimate of drug-likeness (QED) is 0.843. The van der Waals surface area contributed by atoms with Crippen molar-refractivity contribution in [2.24, 2.45) is 5.92 Å². The predicted molar refractivity (Wildman–Crippen MR) is 70.2 cm³/mol. The van der Waals surface area contributed by atoms with Gasteiger partial charge in [-0.3, -0.25) is 4.79 Å². The molecule has 1 atom stereocenters. The number of amides is 1. The second-order valence-electron chi connectivity index (χ2n) is 4.97. The molecule has 0 aromatic heterocycles. The number of para-hydroxylation sites is 1. The Morgan fingerprint density at radius 2 is 2.22 bits per heavy atom. The van der Waals surface area contributed by atoms with Gasteiger partial charge in [0.1, 0.15) is 5.82 Å². The Labute approximate surface area is 107 Å². The van der Waals surface area contributed by atoms with Crippen LogP contribution in [0.5, 0.6) is 0 Å². The van der Waals surface area contributed by atoms with E-state index < -0.39 is 5.82 Å². The fraction of sp³-hybridized carbons (Fsp3) is 0.500. The number of benzene rings is 1. The lowest BCUT2D eigenvalue weighted by atomic mass is 10.1. The highest BCUT2D eigenvalue weighted by atomic mass is 19.1. The van der Waals surface area contributed by atoms with Crippen LogP contribution < -0.4 is 10.6 Å². The maximum Gasteiger partial charge on any atom is 0.253 e.